The van der Waals surface area contributed by atoms with Gasteiger partial charge in [-0.3, -0.25) is 4.79 Å². The molecular formula is C16H15ClN2O2. The predicted molar refractivity (Wildman–Crippen MR) is 84.1 cm³/mol. The number of anilines is 1. The highest BCUT2D eigenvalue weighted by Gasteiger charge is 2.08. The number of halogens is 1. The number of carbonyl (C=O) groups excluding carboxylic acids is 1. The van der Waals surface area contributed by atoms with Crippen LogP contribution in [0.4, 0.5) is 5.69 Å². The molecule has 1 amide bonds. The van der Waals surface area contributed by atoms with Crippen molar-refractivity contribution in [1.82, 2.24) is 0 Å². The normalized spacial score (nSPS) is 11.2. The van der Waals surface area contributed by atoms with Crippen molar-refractivity contribution in [2.75, 3.05) is 5.32 Å². The summed E-state index contributed by atoms with van der Waals surface area (Å²) in [4.78, 5) is 11.8. The van der Waals surface area contributed by atoms with E-state index in [1.807, 2.05) is 30.3 Å². The van der Waals surface area contributed by atoms with Crippen molar-refractivity contribution in [3.05, 3.63) is 65.2 Å². The molecule has 2 aromatic rings. The van der Waals surface area contributed by atoms with E-state index in [1.165, 1.54) is 0 Å². The van der Waals surface area contributed by atoms with Crippen molar-refractivity contribution in [2.24, 2.45) is 5.16 Å². The lowest BCUT2D eigenvalue weighted by Crippen LogP contribution is -2.13. The minimum Gasteiger partial charge on any atom is -0.411 e. The fourth-order valence-electron chi connectivity index (χ4n) is 1.87. The lowest BCUT2D eigenvalue weighted by molar-refractivity contribution is -0.116. The monoisotopic (exact) mass is 302 g/mol. The van der Waals surface area contributed by atoms with E-state index in [9.17, 15) is 4.79 Å². The van der Waals surface area contributed by atoms with Gasteiger partial charge in [-0.15, -0.1) is 0 Å². The molecule has 4 nitrogen and oxygen atoms in total. The van der Waals surface area contributed by atoms with E-state index in [0.717, 1.165) is 11.3 Å². The summed E-state index contributed by atoms with van der Waals surface area (Å²) in [5.41, 5.74) is 1.95. The maximum absolute atomic E-state index is 11.8. The fraction of sp³-hybridized carbons (Fsp3) is 0.125. The summed E-state index contributed by atoms with van der Waals surface area (Å²) < 4.78 is 0. The summed E-state index contributed by atoms with van der Waals surface area (Å²) in [5, 5.41) is 15.7. The number of carbonyl (C=O) groups is 1. The van der Waals surface area contributed by atoms with Gasteiger partial charge in [0.15, 0.2) is 0 Å². The van der Waals surface area contributed by atoms with Gasteiger partial charge >= 0.3 is 0 Å². The minimum atomic E-state index is -0.128. The first-order valence-electron chi connectivity index (χ1n) is 6.51. The van der Waals surface area contributed by atoms with Crippen LogP contribution in [0.15, 0.2) is 59.8 Å². The number of nitrogens with one attached hydrogen (secondary N) is 1. The molecule has 0 aliphatic carbocycles. The Kier molecular flexibility index (Phi) is 5.35. The van der Waals surface area contributed by atoms with Gasteiger partial charge in [0.25, 0.3) is 0 Å². The molecule has 0 saturated carbocycles. The van der Waals surface area contributed by atoms with E-state index in [2.05, 4.69) is 10.5 Å². The zero-order chi connectivity index (χ0) is 15.1. The molecule has 0 aliphatic rings. The average molecular weight is 303 g/mol. The van der Waals surface area contributed by atoms with Crippen LogP contribution in [-0.2, 0) is 4.79 Å². The Bertz CT molecular complexity index is 624. The smallest absolute Gasteiger partial charge is 0.224 e. The first-order chi connectivity index (χ1) is 10.2. The van der Waals surface area contributed by atoms with Crippen LogP contribution in [-0.4, -0.2) is 16.8 Å². The zero-order valence-electron chi connectivity index (χ0n) is 11.3. The number of amides is 1. The standard InChI is InChI=1S/C16H15ClN2O2/c17-13-8-6-12(7-9-13)15(19-21)10-11-16(20)18-14-4-2-1-3-5-14/h1-9,21H,10-11H2,(H,18,20)/b19-15+. The summed E-state index contributed by atoms with van der Waals surface area (Å²) in [6.07, 6.45) is 0.577. The van der Waals surface area contributed by atoms with Crippen LogP contribution in [0.2, 0.25) is 5.02 Å². The molecule has 0 atom stereocenters. The van der Waals surface area contributed by atoms with E-state index in [1.54, 1.807) is 24.3 Å². The predicted octanol–water partition coefficient (Wildman–Crippen LogP) is 3.94. The van der Waals surface area contributed by atoms with E-state index in [0.29, 0.717) is 17.2 Å². The van der Waals surface area contributed by atoms with Crippen LogP contribution in [0.3, 0.4) is 0 Å². The molecule has 0 spiro atoms. The second kappa shape index (κ2) is 7.45. The van der Waals surface area contributed by atoms with Crippen molar-refractivity contribution < 1.29 is 10.0 Å². The molecule has 0 radical (unpaired) electrons. The second-order valence-electron chi connectivity index (χ2n) is 4.47. The van der Waals surface area contributed by atoms with Gasteiger partial charge in [-0.1, -0.05) is 47.1 Å². The van der Waals surface area contributed by atoms with E-state index >= 15 is 0 Å². The number of hydrogen-bond acceptors (Lipinski definition) is 3. The van der Waals surface area contributed by atoms with Gasteiger partial charge in [0, 0.05) is 23.6 Å². The Balaban J connectivity index is 1.91. The minimum absolute atomic E-state index is 0.128. The lowest BCUT2D eigenvalue weighted by Gasteiger charge is -2.06. The van der Waals surface area contributed by atoms with E-state index < -0.39 is 0 Å². The number of para-hydroxylation sites is 1. The largest absolute Gasteiger partial charge is 0.411 e. The van der Waals surface area contributed by atoms with E-state index in [4.69, 9.17) is 16.8 Å². The maximum Gasteiger partial charge on any atom is 0.224 e. The molecule has 0 heterocycles. The molecule has 0 aromatic heterocycles. The molecule has 0 bridgehead atoms. The Labute approximate surface area is 128 Å². The first-order valence-corrected chi connectivity index (χ1v) is 6.88. The van der Waals surface area contributed by atoms with Crippen molar-refractivity contribution in [1.29, 1.82) is 0 Å². The number of hydrogen-bond donors (Lipinski definition) is 2. The maximum atomic E-state index is 11.8. The molecule has 0 fully saturated rings. The topological polar surface area (TPSA) is 61.7 Å². The Morgan fingerprint density at radius 1 is 1.05 bits per heavy atom. The molecule has 21 heavy (non-hydrogen) atoms. The molecule has 108 valence electrons. The fourth-order valence-corrected chi connectivity index (χ4v) is 2.00. The summed E-state index contributed by atoms with van der Waals surface area (Å²) in [5.74, 6) is -0.128. The number of benzene rings is 2. The van der Waals surface area contributed by atoms with Gasteiger partial charge in [0.05, 0.1) is 5.71 Å². The highest BCUT2D eigenvalue weighted by Crippen LogP contribution is 2.13. The Morgan fingerprint density at radius 2 is 1.71 bits per heavy atom. The van der Waals surface area contributed by atoms with Crippen LogP contribution in [0.5, 0.6) is 0 Å². The van der Waals surface area contributed by atoms with Gasteiger partial charge in [-0.05, 0) is 29.8 Å². The summed E-state index contributed by atoms with van der Waals surface area (Å²) in [7, 11) is 0. The number of rotatable bonds is 5. The first kappa shape index (κ1) is 15.1. The molecule has 0 aliphatic heterocycles. The third-order valence-electron chi connectivity index (χ3n) is 2.94. The zero-order valence-corrected chi connectivity index (χ0v) is 12.0. The number of nitrogens with zero attached hydrogens (tertiary/aromatic N) is 1. The summed E-state index contributed by atoms with van der Waals surface area (Å²) in [6.45, 7) is 0. The molecule has 2 rings (SSSR count). The van der Waals surface area contributed by atoms with Gasteiger partial charge in [-0.25, -0.2) is 0 Å². The average Bonchev–Trinajstić information content (AvgIpc) is 2.50. The molecule has 0 unspecified atom stereocenters. The van der Waals surface area contributed by atoms with Gasteiger partial charge in [0.2, 0.25) is 5.91 Å². The third-order valence-corrected chi connectivity index (χ3v) is 3.20. The molecule has 5 heteroatoms. The number of oxime groups is 1. The van der Waals surface area contributed by atoms with Crippen molar-refractivity contribution >= 4 is 28.9 Å². The van der Waals surface area contributed by atoms with Crippen molar-refractivity contribution in [3.8, 4) is 0 Å². The SMILES string of the molecule is O=C(CC/C(=N\O)c1ccc(Cl)cc1)Nc1ccccc1. The quantitative estimate of drug-likeness (QED) is 0.499. The Hall–Kier alpha value is -2.33. The van der Waals surface area contributed by atoms with E-state index in [-0.39, 0.29) is 12.3 Å². The van der Waals surface area contributed by atoms with Crippen LogP contribution < -0.4 is 5.32 Å². The third kappa shape index (κ3) is 4.61. The van der Waals surface area contributed by atoms with Crippen molar-refractivity contribution in [3.63, 3.8) is 0 Å². The highest BCUT2D eigenvalue weighted by atomic mass is 35.5. The highest BCUT2D eigenvalue weighted by molar-refractivity contribution is 6.30. The van der Waals surface area contributed by atoms with Gasteiger partial charge in [-0.2, -0.15) is 0 Å². The van der Waals surface area contributed by atoms with Crippen LogP contribution in [0, 0.1) is 0 Å². The summed E-state index contributed by atoms with van der Waals surface area (Å²) in [6, 6.07) is 16.2. The Morgan fingerprint density at radius 3 is 2.33 bits per heavy atom. The second-order valence-corrected chi connectivity index (χ2v) is 4.90. The lowest BCUT2D eigenvalue weighted by atomic mass is 10.1. The molecule has 0 saturated heterocycles. The van der Waals surface area contributed by atoms with Gasteiger partial charge in [0.1, 0.15) is 0 Å². The van der Waals surface area contributed by atoms with Crippen LogP contribution >= 0.6 is 11.6 Å². The molecule has 2 N–H and O–H groups in total. The van der Waals surface area contributed by atoms with Crippen molar-refractivity contribution in [2.45, 2.75) is 12.8 Å². The van der Waals surface area contributed by atoms with Crippen LogP contribution in [0.25, 0.3) is 0 Å². The van der Waals surface area contributed by atoms with Gasteiger partial charge < -0.3 is 10.5 Å². The molecule has 2 aromatic carbocycles. The molecular weight excluding hydrogens is 288 g/mol. The van der Waals surface area contributed by atoms with Crippen LogP contribution in [0.1, 0.15) is 18.4 Å². The summed E-state index contributed by atoms with van der Waals surface area (Å²) >= 11 is 5.81.